The second-order valence-electron chi connectivity index (χ2n) is 7.53. The molecule has 0 bridgehead atoms. The van der Waals surface area contributed by atoms with Gasteiger partial charge in [0.05, 0.1) is 18.8 Å². The first-order valence-corrected chi connectivity index (χ1v) is 10.4. The zero-order valence-electron chi connectivity index (χ0n) is 18.4. The third-order valence-corrected chi connectivity index (χ3v) is 4.68. The van der Waals surface area contributed by atoms with E-state index in [1.54, 1.807) is 0 Å². The van der Waals surface area contributed by atoms with E-state index < -0.39 is 60.2 Å². The van der Waals surface area contributed by atoms with E-state index in [0.717, 1.165) is 0 Å². The van der Waals surface area contributed by atoms with Gasteiger partial charge in [0.2, 0.25) is 23.6 Å². The number of carboxylic acid groups (broad SMARTS) is 1. The Balaban J connectivity index is 2.75. The van der Waals surface area contributed by atoms with Crippen LogP contribution in [0.1, 0.15) is 38.3 Å². The number of amides is 4. The van der Waals surface area contributed by atoms with Gasteiger partial charge in [-0.25, -0.2) is 9.78 Å². The van der Waals surface area contributed by atoms with Crippen molar-refractivity contribution >= 4 is 29.6 Å². The van der Waals surface area contributed by atoms with Crippen molar-refractivity contribution < 1.29 is 29.1 Å². The van der Waals surface area contributed by atoms with Gasteiger partial charge < -0.3 is 43.2 Å². The molecular weight excluding hydrogens is 436 g/mol. The predicted octanol–water partition coefficient (Wildman–Crippen LogP) is -3.16. The number of nitrogens with one attached hydrogen (secondary N) is 4. The van der Waals surface area contributed by atoms with Gasteiger partial charge in [-0.2, -0.15) is 0 Å². The number of nitrogens with two attached hydrogens (primary N) is 3. The molecule has 0 radical (unpaired) electrons. The highest BCUT2D eigenvalue weighted by molar-refractivity contribution is 5.94. The summed E-state index contributed by atoms with van der Waals surface area (Å²) in [4.78, 5) is 66.4. The minimum Gasteiger partial charge on any atom is -0.480 e. The van der Waals surface area contributed by atoms with Crippen LogP contribution in [0, 0.1) is 0 Å². The number of primary amides is 1. The quantitative estimate of drug-likeness (QED) is 0.121. The molecule has 0 saturated carbocycles. The van der Waals surface area contributed by atoms with Crippen molar-refractivity contribution in [2.75, 3.05) is 6.54 Å². The van der Waals surface area contributed by atoms with E-state index in [0.29, 0.717) is 25.1 Å². The maximum absolute atomic E-state index is 12.7. The second kappa shape index (κ2) is 13.8. The lowest BCUT2D eigenvalue weighted by molar-refractivity contribution is -0.142. The van der Waals surface area contributed by atoms with Gasteiger partial charge in [-0.1, -0.05) is 0 Å². The number of nitrogens with zero attached hydrogens (tertiary/aromatic N) is 1. The first kappa shape index (κ1) is 27.5. The van der Waals surface area contributed by atoms with E-state index in [1.165, 1.54) is 19.4 Å². The summed E-state index contributed by atoms with van der Waals surface area (Å²) in [5.41, 5.74) is 16.6. The molecule has 0 saturated heterocycles. The van der Waals surface area contributed by atoms with Crippen LogP contribution in [-0.2, 0) is 30.4 Å². The molecule has 33 heavy (non-hydrogen) atoms. The van der Waals surface area contributed by atoms with E-state index in [1.807, 2.05) is 0 Å². The summed E-state index contributed by atoms with van der Waals surface area (Å²) in [7, 11) is 0. The first-order chi connectivity index (χ1) is 15.5. The highest BCUT2D eigenvalue weighted by Crippen LogP contribution is 2.04. The van der Waals surface area contributed by atoms with E-state index in [9.17, 15) is 29.1 Å². The van der Waals surface area contributed by atoms with Gasteiger partial charge in [0.15, 0.2) is 0 Å². The van der Waals surface area contributed by atoms with E-state index in [-0.39, 0.29) is 12.8 Å². The molecule has 4 amide bonds. The summed E-state index contributed by atoms with van der Waals surface area (Å²) in [6.07, 6.45) is 3.71. The number of rotatable bonds is 15. The fourth-order valence-corrected chi connectivity index (χ4v) is 2.84. The Morgan fingerprint density at radius 1 is 1.06 bits per heavy atom. The van der Waals surface area contributed by atoms with Crippen molar-refractivity contribution in [3.8, 4) is 0 Å². The molecule has 0 aliphatic rings. The molecule has 0 spiro atoms. The molecule has 0 aromatic carbocycles. The smallest absolute Gasteiger partial charge is 0.326 e. The number of imidazole rings is 1. The molecule has 4 unspecified atom stereocenters. The van der Waals surface area contributed by atoms with Crippen molar-refractivity contribution in [2.45, 2.75) is 63.2 Å². The Morgan fingerprint density at radius 3 is 2.27 bits per heavy atom. The Bertz CT molecular complexity index is 815. The number of unbranched alkanes of at least 4 members (excludes halogenated alkanes) is 1. The molecule has 184 valence electrons. The molecule has 1 aromatic rings. The molecule has 0 aliphatic heterocycles. The summed E-state index contributed by atoms with van der Waals surface area (Å²) in [6, 6.07) is -4.62. The van der Waals surface area contributed by atoms with Crippen molar-refractivity contribution in [2.24, 2.45) is 17.2 Å². The lowest BCUT2D eigenvalue weighted by atomic mass is 10.1. The van der Waals surface area contributed by atoms with Crippen LogP contribution < -0.4 is 33.2 Å². The highest BCUT2D eigenvalue weighted by Gasteiger charge is 2.28. The maximum Gasteiger partial charge on any atom is 0.326 e. The van der Waals surface area contributed by atoms with Crippen LogP contribution in [0.2, 0.25) is 0 Å². The maximum atomic E-state index is 12.7. The fraction of sp³-hybridized carbons (Fsp3) is 0.579. The molecule has 1 aromatic heterocycles. The van der Waals surface area contributed by atoms with Crippen LogP contribution in [-0.4, -0.2) is 75.4 Å². The number of aliphatic carboxylic acids is 1. The monoisotopic (exact) mass is 468 g/mol. The molecule has 1 heterocycles. The fourth-order valence-electron chi connectivity index (χ4n) is 2.84. The average molecular weight is 469 g/mol. The van der Waals surface area contributed by atoms with Crippen LogP contribution in [0.25, 0.3) is 0 Å². The van der Waals surface area contributed by atoms with Gasteiger partial charge in [-0.05, 0) is 32.7 Å². The highest BCUT2D eigenvalue weighted by atomic mass is 16.4. The molecule has 14 nitrogen and oxygen atoms in total. The summed E-state index contributed by atoms with van der Waals surface area (Å²) in [5.74, 6) is -4.17. The van der Waals surface area contributed by atoms with Gasteiger partial charge in [-0.15, -0.1) is 0 Å². The summed E-state index contributed by atoms with van der Waals surface area (Å²) < 4.78 is 0. The zero-order valence-corrected chi connectivity index (χ0v) is 18.4. The van der Waals surface area contributed by atoms with Gasteiger partial charge in [-0.3, -0.25) is 19.2 Å². The number of carbonyl (C=O) groups is 5. The molecule has 0 fully saturated rings. The molecule has 14 heteroatoms. The number of aromatic nitrogens is 2. The number of carbonyl (C=O) groups excluding carboxylic acids is 4. The van der Waals surface area contributed by atoms with Crippen LogP contribution in [0.5, 0.6) is 0 Å². The molecular formula is C19H32N8O6. The standard InChI is InChI=1S/C19H32N8O6/c1-10(16(29)27-14(19(32)33)6-11-8-23-9-24-11)25-18(31)13(4-2-3-5-20)26-17(30)12(21)7-15(22)28/h8-10,12-14H,2-7,20-21H2,1H3,(H2,22,28)(H,23,24)(H,25,31)(H,26,30)(H,27,29)(H,32,33). The van der Waals surface area contributed by atoms with Gasteiger partial charge >= 0.3 is 5.97 Å². The zero-order chi connectivity index (χ0) is 25.0. The van der Waals surface area contributed by atoms with Gasteiger partial charge in [0, 0.05) is 18.3 Å². The normalized spacial score (nSPS) is 14.4. The number of carboxylic acids is 1. The van der Waals surface area contributed by atoms with Gasteiger partial charge in [0.25, 0.3) is 0 Å². The molecule has 1 rings (SSSR count). The van der Waals surface area contributed by atoms with Crippen LogP contribution in [0.15, 0.2) is 12.5 Å². The minimum absolute atomic E-state index is 0.0305. The average Bonchev–Trinajstić information content (AvgIpc) is 3.24. The van der Waals surface area contributed by atoms with E-state index in [2.05, 4.69) is 25.9 Å². The first-order valence-electron chi connectivity index (χ1n) is 10.4. The SMILES string of the molecule is CC(NC(=O)C(CCCCN)NC(=O)C(N)CC(N)=O)C(=O)NC(Cc1cnc[nH]1)C(=O)O. The number of hydrogen-bond donors (Lipinski definition) is 8. The Morgan fingerprint density at radius 2 is 1.73 bits per heavy atom. The van der Waals surface area contributed by atoms with Gasteiger partial charge in [0.1, 0.15) is 18.1 Å². The number of hydrogen-bond acceptors (Lipinski definition) is 8. The van der Waals surface area contributed by atoms with Crippen molar-refractivity contribution in [3.63, 3.8) is 0 Å². The lowest BCUT2D eigenvalue weighted by Crippen LogP contribution is -2.56. The minimum atomic E-state index is -1.26. The number of aromatic amines is 1. The van der Waals surface area contributed by atoms with Crippen molar-refractivity contribution in [3.05, 3.63) is 18.2 Å². The van der Waals surface area contributed by atoms with Crippen LogP contribution in [0.3, 0.4) is 0 Å². The molecule has 4 atom stereocenters. The van der Waals surface area contributed by atoms with Crippen molar-refractivity contribution in [1.82, 2.24) is 25.9 Å². The number of H-pyrrole nitrogens is 1. The van der Waals surface area contributed by atoms with E-state index in [4.69, 9.17) is 17.2 Å². The van der Waals surface area contributed by atoms with Crippen LogP contribution in [0.4, 0.5) is 0 Å². The third-order valence-electron chi connectivity index (χ3n) is 4.68. The largest absolute Gasteiger partial charge is 0.480 e. The summed E-state index contributed by atoms with van der Waals surface area (Å²) in [5, 5.41) is 16.6. The predicted molar refractivity (Wildman–Crippen MR) is 116 cm³/mol. The lowest BCUT2D eigenvalue weighted by Gasteiger charge is -2.23. The summed E-state index contributed by atoms with van der Waals surface area (Å²) in [6.45, 7) is 1.76. The van der Waals surface area contributed by atoms with Crippen LogP contribution >= 0.6 is 0 Å². The van der Waals surface area contributed by atoms with E-state index >= 15 is 0 Å². The summed E-state index contributed by atoms with van der Waals surface area (Å²) >= 11 is 0. The Hall–Kier alpha value is -3.52. The topological polar surface area (TPSA) is 248 Å². The Labute approximate surface area is 190 Å². The third kappa shape index (κ3) is 10.1. The molecule has 11 N–H and O–H groups in total. The molecule has 0 aliphatic carbocycles. The Kier molecular flexibility index (Phi) is 11.5. The second-order valence-corrected chi connectivity index (χ2v) is 7.53. The van der Waals surface area contributed by atoms with Crippen molar-refractivity contribution in [1.29, 1.82) is 0 Å².